The Bertz CT molecular complexity index is 341. The topological polar surface area (TPSA) is 43.1 Å². The number of alkyl halides is 1. The molecule has 2 rings (SSSR count). The van der Waals surface area contributed by atoms with E-state index in [9.17, 15) is 9.18 Å². The highest BCUT2D eigenvalue weighted by Gasteiger charge is 2.45. The van der Waals surface area contributed by atoms with Gasteiger partial charge in [0.25, 0.3) is 0 Å². The van der Waals surface area contributed by atoms with Crippen LogP contribution in [0, 0.1) is 0 Å². The SMILES string of the molecule is Nc1ccc(C2(C=O)CC(F)C2)cc1. The molecule has 0 bridgehead atoms. The molecular formula is C11H12FNO. The minimum Gasteiger partial charge on any atom is -0.399 e. The fourth-order valence-electron chi connectivity index (χ4n) is 1.95. The second-order valence-corrected chi connectivity index (χ2v) is 3.90. The van der Waals surface area contributed by atoms with Crippen molar-refractivity contribution in [3.05, 3.63) is 29.8 Å². The van der Waals surface area contributed by atoms with Crippen molar-refractivity contribution in [3.63, 3.8) is 0 Å². The van der Waals surface area contributed by atoms with Gasteiger partial charge in [0.05, 0.1) is 5.41 Å². The number of aldehydes is 1. The van der Waals surface area contributed by atoms with Crippen molar-refractivity contribution in [2.75, 3.05) is 5.73 Å². The van der Waals surface area contributed by atoms with Gasteiger partial charge >= 0.3 is 0 Å². The summed E-state index contributed by atoms with van der Waals surface area (Å²) in [6, 6.07) is 7.09. The number of hydrogen-bond donors (Lipinski definition) is 1. The molecular weight excluding hydrogens is 181 g/mol. The average molecular weight is 193 g/mol. The third-order valence-electron chi connectivity index (χ3n) is 2.88. The Morgan fingerprint density at radius 2 is 1.93 bits per heavy atom. The zero-order valence-electron chi connectivity index (χ0n) is 7.74. The van der Waals surface area contributed by atoms with Crippen molar-refractivity contribution in [1.82, 2.24) is 0 Å². The number of anilines is 1. The molecule has 1 aliphatic rings. The number of hydrogen-bond acceptors (Lipinski definition) is 2. The number of nitrogen functional groups attached to an aromatic ring is 1. The number of carbonyl (C=O) groups excluding carboxylic acids is 1. The van der Waals surface area contributed by atoms with Gasteiger partial charge in [-0.3, -0.25) is 0 Å². The highest BCUT2D eigenvalue weighted by atomic mass is 19.1. The van der Waals surface area contributed by atoms with Crippen molar-refractivity contribution in [3.8, 4) is 0 Å². The second kappa shape index (κ2) is 3.08. The van der Waals surface area contributed by atoms with E-state index in [1.165, 1.54) is 0 Å². The lowest BCUT2D eigenvalue weighted by atomic mass is 9.64. The van der Waals surface area contributed by atoms with E-state index in [0.29, 0.717) is 18.5 Å². The molecule has 74 valence electrons. The van der Waals surface area contributed by atoms with E-state index in [2.05, 4.69) is 0 Å². The van der Waals surface area contributed by atoms with Crippen LogP contribution < -0.4 is 5.73 Å². The normalized spacial score (nSPS) is 30.8. The maximum atomic E-state index is 12.8. The van der Waals surface area contributed by atoms with Crippen molar-refractivity contribution in [2.24, 2.45) is 0 Å². The van der Waals surface area contributed by atoms with Gasteiger partial charge < -0.3 is 10.5 Å². The minimum atomic E-state index is -0.835. The van der Waals surface area contributed by atoms with E-state index in [1.54, 1.807) is 24.3 Å². The van der Waals surface area contributed by atoms with Gasteiger partial charge in [-0.2, -0.15) is 0 Å². The van der Waals surface area contributed by atoms with Gasteiger partial charge in [0, 0.05) is 5.69 Å². The molecule has 0 radical (unpaired) electrons. The quantitative estimate of drug-likeness (QED) is 0.575. The first kappa shape index (κ1) is 9.19. The van der Waals surface area contributed by atoms with E-state index in [4.69, 9.17) is 5.73 Å². The summed E-state index contributed by atoms with van der Waals surface area (Å²) in [6.07, 6.45) is 0.632. The van der Waals surface area contributed by atoms with Crippen LogP contribution in [0.15, 0.2) is 24.3 Å². The molecule has 1 aliphatic carbocycles. The zero-order chi connectivity index (χ0) is 10.2. The first-order valence-electron chi connectivity index (χ1n) is 4.63. The molecule has 2 N–H and O–H groups in total. The molecule has 1 fully saturated rings. The lowest BCUT2D eigenvalue weighted by Gasteiger charge is -2.40. The van der Waals surface area contributed by atoms with Gasteiger partial charge in [-0.25, -0.2) is 4.39 Å². The Kier molecular flexibility index (Phi) is 2.02. The maximum Gasteiger partial charge on any atom is 0.130 e. The first-order valence-corrected chi connectivity index (χ1v) is 4.63. The Morgan fingerprint density at radius 3 is 2.36 bits per heavy atom. The van der Waals surface area contributed by atoms with Crippen LogP contribution in [0.1, 0.15) is 18.4 Å². The number of rotatable bonds is 2. The van der Waals surface area contributed by atoms with Crippen molar-refractivity contribution in [2.45, 2.75) is 24.4 Å². The van der Waals surface area contributed by atoms with Crippen LogP contribution in [0.5, 0.6) is 0 Å². The van der Waals surface area contributed by atoms with Gasteiger partial charge in [-0.1, -0.05) is 12.1 Å². The first-order chi connectivity index (χ1) is 6.66. The highest BCUT2D eigenvalue weighted by Crippen LogP contribution is 2.43. The highest BCUT2D eigenvalue weighted by molar-refractivity contribution is 5.71. The van der Waals surface area contributed by atoms with Crippen LogP contribution in [-0.4, -0.2) is 12.5 Å². The number of nitrogens with two attached hydrogens (primary N) is 1. The monoisotopic (exact) mass is 193 g/mol. The number of halogens is 1. The van der Waals surface area contributed by atoms with E-state index in [-0.39, 0.29) is 0 Å². The third-order valence-corrected chi connectivity index (χ3v) is 2.88. The largest absolute Gasteiger partial charge is 0.399 e. The number of carbonyl (C=O) groups is 1. The summed E-state index contributed by atoms with van der Waals surface area (Å²) >= 11 is 0. The Hall–Kier alpha value is -1.38. The Morgan fingerprint density at radius 1 is 1.36 bits per heavy atom. The third kappa shape index (κ3) is 1.29. The van der Waals surface area contributed by atoms with Crippen LogP contribution >= 0.6 is 0 Å². The van der Waals surface area contributed by atoms with Crippen molar-refractivity contribution >= 4 is 12.0 Å². The fourth-order valence-corrected chi connectivity index (χ4v) is 1.95. The molecule has 0 spiro atoms. The standard InChI is InChI=1S/C11H12FNO/c12-9-5-11(6-9,7-14)8-1-3-10(13)4-2-8/h1-4,7,9H,5-6,13H2. The van der Waals surface area contributed by atoms with Gasteiger partial charge in [0.15, 0.2) is 0 Å². The summed E-state index contributed by atoms with van der Waals surface area (Å²) < 4.78 is 12.8. The van der Waals surface area contributed by atoms with Crippen LogP contribution in [-0.2, 0) is 10.2 Å². The molecule has 0 aliphatic heterocycles. The van der Waals surface area contributed by atoms with E-state index >= 15 is 0 Å². The molecule has 3 heteroatoms. The van der Waals surface area contributed by atoms with Gasteiger partial charge in [-0.05, 0) is 30.5 Å². The zero-order valence-corrected chi connectivity index (χ0v) is 7.74. The summed E-state index contributed by atoms with van der Waals surface area (Å²) in [5.74, 6) is 0. The Balaban J connectivity index is 2.29. The summed E-state index contributed by atoms with van der Waals surface area (Å²) in [6.45, 7) is 0. The van der Waals surface area contributed by atoms with Crippen LogP contribution in [0.4, 0.5) is 10.1 Å². The molecule has 0 heterocycles. The summed E-state index contributed by atoms with van der Waals surface area (Å²) in [4.78, 5) is 10.9. The summed E-state index contributed by atoms with van der Waals surface area (Å²) in [7, 11) is 0. The lowest BCUT2D eigenvalue weighted by Crippen LogP contribution is -2.43. The molecule has 0 unspecified atom stereocenters. The van der Waals surface area contributed by atoms with Crippen molar-refractivity contribution < 1.29 is 9.18 Å². The minimum absolute atomic E-state index is 0.306. The molecule has 1 aromatic rings. The fraction of sp³-hybridized carbons (Fsp3) is 0.364. The number of benzene rings is 1. The molecule has 14 heavy (non-hydrogen) atoms. The van der Waals surface area contributed by atoms with Crippen molar-refractivity contribution in [1.29, 1.82) is 0 Å². The maximum absolute atomic E-state index is 12.8. The molecule has 1 aromatic carbocycles. The molecule has 0 amide bonds. The van der Waals surface area contributed by atoms with Crippen LogP contribution in [0.3, 0.4) is 0 Å². The lowest BCUT2D eigenvalue weighted by molar-refractivity contribution is -0.117. The van der Waals surface area contributed by atoms with Gasteiger partial charge in [0.1, 0.15) is 12.5 Å². The predicted octanol–water partition coefficient (Wildman–Crippen LogP) is 1.84. The summed E-state index contributed by atoms with van der Waals surface area (Å²) in [5, 5.41) is 0. The van der Waals surface area contributed by atoms with E-state index in [0.717, 1.165) is 11.8 Å². The van der Waals surface area contributed by atoms with Crippen LogP contribution in [0.25, 0.3) is 0 Å². The average Bonchev–Trinajstić information content (AvgIpc) is 2.14. The van der Waals surface area contributed by atoms with Crippen LogP contribution in [0.2, 0.25) is 0 Å². The summed E-state index contributed by atoms with van der Waals surface area (Å²) in [5.41, 5.74) is 6.47. The second-order valence-electron chi connectivity index (χ2n) is 3.90. The van der Waals surface area contributed by atoms with E-state index in [1.807, 2.05) is 0 Å². The molecule has 0 atom stereocenters. The Labute approximate surface area is 81.9 Å². The predicted molar refractivity (Wildman–Crippen MR) is 52.7 cm³/mol. The molecule has 0 aromatic heterocycles. The molecule has 0 saturated heterocycles. The molecule has 2 nitrogen and oxygen atoms in total. The van der Waals surface area contributed by atoms with E-state index < -0.39 is 11.6 Å². The molecule has 1 saturated carbocycles. The van der Waals surface area contributed by atoms with Gasteiger partial charge in [-0.15, -0.1) is 0 Å². The van der Waals surface area contributed by atoms with Gasteiger partial charge in [0.2, 0.25) is 0 Å². The smallest absolute Gasteiger partial charge is 0.130 e.